The van der Waals surface area contributed by atoms with Gasteiger partial charge in [-0.05, 0) is 25.5 Å². The van der Waals surface area contributed by atoms with Crippen molar-refractivity contribution in [3.63, 3.8) is 0 Å². The minimum absolute atomic E-state index is 0.419. The van der Waals surface area contributed by atoms with Crippen molar-refractivity contribution in [1.29, 1.82) is 0 Å². The van der Waals surface area contributed by atoms with Gasteiger partial charge >= 0.3 is 0 Å². The number of likely N-dealkylation sites (N-methyl/N-ethyl adjacent to an activating group) is 1. The molecule has 0 radical (unpaired) electrons. The van der Waals surface area contributed by atoms with Crippen molar-refractivity contribution in [2.75, 3.05) is 20.3 Å². The van der Waals surface area contributed by atoms with Crippen LogP contribution in [0.3, 0.4) is 0 Å². The molecule has 0 bridgehead atoms. The number of aryl methyl sites for hydroxylation is 1. The molecule has 1 aromatic rings. The lowest BCUT2D eigenvalue weighted by Gasteiger charge is -2.16. The lowest BCUT2D eigenvalue weighted by atomic mass is 10.1. The van der Waals surface area contributed by atoms with E-state index in [9.17, 15) is 0 Å². The largest absolute Gasteiger partial charge is 0.383 e. The van der Waals surface area contributed by atoms with E-state index < -0.39 is 0 Å². The Morgan fingerprint density at radius 3 is 2.47 bits per heavy atom. The van der Waals surface area contributed by atoms with Gasteiger partial charge in [0, 0.05) is 13.2 Å². The second kappa shape index (κ2) is 6.59. The molecular weight excluding hydrogens is 186 g/mol. The van der Waals surface area contributed by atoms with E-state index in [4.69, 9.17) is 4.74 Å². The normalized spacial score (nSPS) is 12.7. The van der Waals surface area contributed by atoms with Gasteiger partial charge in [0.05, 0.1) is 6.61 Å². The molecule has 0 spiro atoms. The average molecular weight is 207 g/mol. The number of nitrogens with one attached hydrogen (secondary N) is 1. The van der Waals surface area contributed by atoms with Crippen LogP contribution >= 0.6 is 0 Å². The lowest BCUT2D eigenvalue weighted by Crippen LogP contribution is -2.34. The molecule has 0 saturated carbocycles. The van der Waals surface area contributed by atoms with Crippen LogP contribution in [0, 0.1) is 6.92 Å². The number of ether oxygens (including phenoxy) is 1. The summed E-state index contributed by atoms with van der Waals surface area (Å²) in [6, 6.07) is 9.11. The van der Waals surface area contributed by atoms with Crippen molar-refractivity contribution in [3.8, 4) is 0 Å². The summed E-state index contributed by atoms with van der Waals surface area (Å²) in [5, 5.41) is 3.42. The third-order valence-corrected chi connectivity index (χ3v) is 2.46. The molecule has 0 aliphatic carbocycles. The zero-order valence-electron chi connectivity index (χ0n) is 9.92. The van der Waals surface area contributed by atoms with Gasteiger partial charge in [-0.1, -0.05) is 36.8 Å². The van der Waals surface area contributed by atoms with Gasteiger partial charge in [0.1, 0.15) is 0 Å². The van der Waals surface area contributed by atoms with Crippen molar-refractivity contribution in [1.82, 2.24) is 5.32 Å². The topological polar surface area (TPSA) is 21.3 Å². The van der Waals surface area contributed by atoms with E-state index in [-0.39, 0.29) is 0 Å². The summed E-state index contributed by atoms with van der Waals surface area (Å²) >= 11 is 0. The molecule has 1 aromatic carbocycles. The SMILES string of the molecule is CCNC(COC)Cc1ccc(C)cc1. The van der Waals surface area contributed by atoms with Crippen LogP contribution in [-0.2, 0) is 11.2 Å². The Hall–Kier alpha value is -0.860. The van der Waals surface area contributed by atoms with E-state index in [2.05, 4.69) is 43.4 Å². The molecule has 0 fully saturated rings. The summed E-state index contributed by atoms with van der Waals surface area (Å²) in [5.74, 6) is 0. The van der Waals surface area contributed by atoms with Gasteiger partial charge in [-0.3, -0.25) is 0 Å². The Bertz CT molecular complexity index is 262. The molecule has 2 heteroatoms. The van der Waals surface area contributed by atoms with Gasteiger partial charge in [0.15, 0.2) is 0 Å². The Kier molecular flexibility index (Phi) is 5.37. The quantitative estimate of drug-likeness (QED) is 0.772. The molecule has 15 heavy (non-hydrogen) atoms. The highest BCUT2D eigenvalue weighted by Crippen LogP contribution is 2.06. The second-order valence-corrected chi connectivity index (χ2v) is 3.90. The molecule has 2 nitrogen and oxygen atoms in total. The predicted molar refractivity (Wildman–Crippen MR) is 64.2 cm³/mol. The van der Waals surface area contributed by atoms with E-state index in [1.807, 2.05) is 0 Å². The maximum atomic E-state index is 5.19. The van der Waals surface area contributed by atoms with Crippen LogP contribution in [0.25, 0.3) is 0 Å². The highest BCUT2D eigenvalue weighted by Gasteiger charge is 2.07. The zero-order valence-corrected chi connectivity index (χ0v) is 9.92. The van der Waals surface area contributed by atoms with Crippen LogP contribution in [0.4, 0.5) is 0 Å². The molecule has 1 atom stereocenters. The van der Waals surface area contributed by atoms with Gasteiger partial charge in [0.25, 0.3) is 0 Å². The molecule has 84 valence electrons. The Balaban J connectivity index is 2.53. The van der Waals surface area contributed by atoms with Gasteiger partial charge < -0.3 is 10.1 Å². The predicted octanol–water partition coefficient (Wildman–Crippen LogP) is 2.16. The van der Waals surface area contributed by atoms with Crippen molar-refractivity contribution in [2.24, 2.45) is 0 Å². The number of methoxy groups -OCH3 is 1. The first kappa shape index (κ1) is 12.2. The summed E-state index contributed by atoms with van der Waals surface area (Å²) in [6.07, 6.45) is 1.03. The zero-order chi connectivity index (χ0) is 11.1. The minimum atomic E-state index is 0.419. The maximum absolute atomic E-state index is 5.19. The van der Waals surface area contributed by atoms with E-state index in [1.54, 1.807) is 7.11 Å². The average Bonchev–Trinajstić information content (AvgIpc) is 2.22. The third kappa shape index (κ3) is 4.45. The minimum Gasteiger partial charge on any atom is -0.383 e. The van der Waals surface area contributed by atoms with Gasteiger partial charge in [-0.2, -0.15) is 0 Å². The summed E-state index contributed by atoms with van der Waals surface area (Å²) in [6.45, 7) is 5.99. The van der Waals surface area contributed by atoms with Crippen LogP contribution in [0.2, 0.25) is 0 Å². The standard InChI is InChI=1S/C13H21NO/c1-4-14-13(10-15-3)9-12-7-5-11(2)6-8-12/h5-8,13-14H,4,9-10H2,1-3H3. The first-order chi connectivity index (χ1) is 7.26. The maximum Gasteiger partial charge on any atom is 0.0619 e. The fraction of sp³-hybridized carbons (Fsp3) is 0.538. The number of hydrogen-bond donors (Lipinski definition) is 1. The molecule has 0 aromatic heterocycles. The molecule has 0 aliphatic heterocycles. The molecule has 0 aliphatic rings. The third-order valence-electron chi connectivity index (χ3n) is 2.46. The van der Waals surface area contributed by atoms with Crippen LogP contribution in [0.1, 0.15) is 18.1 Å². The number of hydrogen-bond acceptors (Lipinski definition) is 2. The summed E-state index contributed by atoms with van der Waals surface area (Å²) < 4.78 is 5.19. The fourth-order valence-electron chi connectivity index (χ4n) is 1.69. The van der Waals surface area contributed by atoms with Crippen LogP contribution in [-0.4, -0.2) is 26.3 Å². The van der Waals surface area contributed by atoms with Gasteiger partial charge in [0.2, 0.25) is 0 Å². The number of rotatable bonds is 6. The molecule has 1 rings (SSSR count). The Labute approximate surface area is 92.6 Å². The van der Waals surface area contributed by atoms with Gasteiger partial charge in [-0.25, -0.2) is 0 Å². The highest BCUT2D eigenvalue weighted by molar-refractivity contribution is 5.22. The molecule has 0 saturated heterocycles. The van der Waals surface area contributed by atoms with Crippen LogP contribution in [0.15, 0.2) is 24.3 Å². The van der Waals surface area contributed by atoms with Crippen LogP contribution in [0.5, 0.6) is 0 Å². The smallest absolute Gasteiger partial charge is 0.0619 e. The molecule has 0 amide bonds. The van der Waals surface area contributed by atoms with Crippen molar-refractivity contribution in [2.45, 2.75) is 26.3 Å². The number of benzene rings is 1. The van der Waals surface area contributed by atoms with Gasteiger partial charge in [-0.15, -0.1) is 0 Å². The van der Waals surface area contributed by atoms with E-state index in [1.165, 1.54) is 11.1 Å². The highest BCUT2D eigenvalue weighted by atomic mass is 16.5. The molecule has 0 heterocycles. The molecule has 1 N–H and O–H groups in total. The molecular formula is C13H21NO. The molecule has 1 unspecified atom stereocenters. The van der Waals surface area contributed by atoms with Crippen LogP contribution < -0.4 is 5.32 Å². The van der Waals surface area contributed by atoms with Crippen molar-refractivity contribution < 1.29 is 4.74 Å². The Morgan fingerprint density at radius 1 is 1.27 bits per heavy atom. The summed E-state index contributed by atoms with van der Waals surface area (Å²) in [4.78, 5) is 0. The van der Waals surface area contributed by atoms with E-state index in [0.717, 1.165) is 19.6 Å². The Morgan fingerprint density at radius 2 is 1.93 bits per heavy atom. The lowest BCUT2D eigenvalue weighted by molar-refractivity contribution is 0.167. The van der Waals surface area contributed by atoms with E-state index >= 15 is 0 Å². The summed E-state index contributed by atoms with van der Waals surface area (Å²) in [5.41, 5.74) is 2.68. The monoisotopic (exact) mass is 207 g/mol. The first-order valence-electron chi connectivity index (χ1n) is 5.54. The second-order valence-electron chi connectivity index (χ2n) is 3.90. The van der Waals surface area contributed by atoms with Crippen molar-refractivity contribution in [3.05, 3.63) is 35.4 Å². The van der Waals surface area contributed by atoms with Crippen molar-refractivity contribution >= 4 is 0 Å². The first-order valence-corrected chi connectivity index (χ1v) is 5.54. The van der Waals surface area contributed by atoms with E-state index in [0.29, 0.717) is 6.04 Å². The fourth-order valence-corrected chi connectivity index (χ4v) is 1.69. The summed E-state index contributed by atoms with van der Waals surface area (Å²) in [7, 11) is 1.75.